The fourth-order valence-corrected chi connectivity index (χ4v) is 4.42. The average molecular weight is 526 g/mol. The molecule has 0 radical (unpaired) electrons. The fraction of sp³-hybridized carbons (Fsp3) is 0.120. The van der Waals surface area contributed by atoms with Gasteiger partial charge >= 0.3 is 0 Å². The molecule has 0 aliphatic rings. The predicted octanol–water partition coefficient (Wildman–Crippen LogP) is 6.12. The zero-order valence-electron chi connectivity index (χ0n) is 18.7. The molecule has 0 aliphatic heterocycles. The molecule has 1 aromatic heterocycles. The number of carbonyl (C=O) groups excluding carboxylic acids is 2. The monoisotopic (exact) mass is 525 g/mol. The molecule has 0 saturated heterocycles. The summed E-state index contributed by atoms with van der Waals surface area (Å²) in [6.07, 6.45) is 0. The number of anilines is 2. The minimum Gasteiger partial charge on any atom is -0.376 e. The highest BCUT2D eigenvalue weighted by atomic mass is 35.5. The topological polar surface area (TPSA) is 88.9 Å². The Hall–Kier alpha value is -3.33. The zero-order chi connectivity index (χ0) is 24.8. The number of ketones is 1. The van der Waals surface area contributed by atoms with Crippen molar-refractivity contribution in [2.75, 3.05) is 16.4 Å². The van der Waals surface area contributed by atoms with E-state index >= 15 is 0 Å². The van der Waals surface area contributed by atoms with E-state index in [4.69, 9.17) is 23.2 Å². The molecule has 10 heteroatoms. The molecule has 0 spiro atoms. The highest BCUT2D eigenvalue weighted by Gasteiger charge is 2.16. The van der Waals surface area contributed by atoms with Crippen LogP contribution < -0.4 is 10.6 Å². The van der Waals surface area contributed by atoms with Crippen molar-refractivity contribution in [3.63, 3.8) is 0 Å². The van der Waals surface area contributed by atoms with Crippen LogP contribution in [0.2, 0.25) is 10.0 Å². The Bertz CT molecular complexity index is 1360. The second-order valence-corrected chi connectivity index (χ2v) is 9.31. The number of Topliss-reactive ketones (excluding diaryl/α,β-unsaturated/α-hetero) is 1. The summed E-state index contributed by atoms with van der Waals surface area (Å²) < 4.78 is 1.89. The highest BCUT2D eigenvalue weighted by Crippen LogP contribution is 2.27. The van der Waals surface area contributed by atoms with Crippen molar-refractivity contribution in [2.24, 2.45) is 0 Å². The summed E-state index contributed by atoms with van der Waals surface area (Å²) in [5.74, 6) is 0.475. The first-order valence-electron chi connectivity index (χ1n) is 10.6. The maximum Gasteiger partial charge on any atom is 0.234 e. The number of aromatic nitrogens is 3. The average Bonchev–Trinajstić information content (AvgIpc) is 3.26. The summed E-state index contributed by atoms with van der Waals surface area (Å²) in [6, 6.07) is 21.7. The van der Waals surface area contributed by atoms with Crippen molar-refractivity contribution in [1.82, 2.24) is 14.8 Å². The Labute approximate surface area is 216 Å². The number of carbonyl (C=O) groups is 2. The van der Waals surface area contributed by atoms with Gasteiger partial charge in [0, 0.05) is 22.0 Å². The quantitative estimate of drug-likeness (QED) is 0.202. The molecular weight excluding hydrogens is 505 g/mol. The molecule has 0 bridgehead atoms. The van der Waals surface area contributed by atoms with E-state index in [1.165, 1.54) is 18.7 Å². The van der Waals surface area contributed by atoms with Crippen molar-refractivity contribution in [3.05, 3.63) is 94.2 Å². The van der Waals surface area contributed by atoms with Crippen LogP contribution in [-0.2, 0) is 11.3 Å². The Morgan fingerprint density at radius 2 is 1.77 bits per heavy atom. The van der Waals surface area contributed by atoms with Gasteiger partial charge in [-0.15, -0.1) is 10.2 Å². The third kappa shape index (κ3) is 6.42. The van der Waals surface area contributed by atoms with Crippen molar-refractivity contribution < 1.29 is 9.59 Å². The van der Waals surface area contributed by atoms with Gasteiger partial charge in [0.1, 0.15) is 0 Å². The molecule has 0 aliphatic carbocycles. The largest absolute Gasteiger partial charge is 0.376 e. The highest BCUT2D eigenvalue weighted by molar-refractivity contribution is 7.99. The molecular formula is C25H21Cl2N5O2S. The van der Waals surface area contributed by atoms with Crippen LogP contribution in [0.15, 0.2) is 78.0 Å². The molecule has 1 amide bonds. The smallest absolute Gasteiger partial charge is 0.234 e. The van der Waals surface area contributed by atoms with Crippen molar-refractivity contribution in [3.8, 4) is 5.69 Å². The van der Waals surface area contributed by atoms with Crippen LogP contribution >= 0.6 is 35.0 Å². The lowest BCUT2D eigenvalue weighted by atomic mass is 10.1. The van der Waals surface area contributed by atoms with Gasteiger partial charge in [-0.05, 0) is 49.4 Å². The molecule has 178 valence electrons. The number of para-hydroxylation sites is 1. The second kappa shape index (κ2) is 11.4. The maximum absolute atomic E-state index is 12.6. The van der Waals surface area contributed by atoms with Gasteiger partial charge in [-0.2, -0.15) is 0 Å². The summed E-state index contributed by atoms with van der Waals surface area (Å²) in [5, 5.41) is 16.4. The molecule has 4 aromatic rings. The number of halogens is 2. The number of rotatable bonds is 9. The maximum atomic E-state index is 12.6. The molecule has 0 fully saturated rings. The van der Waals surface area contributed by atoms with Crippen LogP contribution in [0.25, 0.3) is 5.69 Å². The molecule has 2 N–H and O–H groups in total. The predicted molar refractivity (Wildman–Crippen MR) is 141 cm³/mol. The van der Waals surface area contributed by atoms with Gasteiger partial charge in [0.15, 0.2) is 16.8 Å². The zero-order valence-corrected chi connectivity index (χ0v) is 21.0. The molecule has 1 heterocycles. The van der Waals surface area contributed by atoms with E-state index in [1.54, 1.807) is 42.5 Å². The van der Waals surface area contributed by atoms with E-state index in [9.17, 15) is 9.59 Å². The van der Waals surface area contributed by atoms with Crippen LogP contribution in [0.1, 0.15) is 23.1 Å². The number of hydrogen-bond donors (Lipinski definition) is 2. The van der Waals surface area contributed by atoms with Crippen molar-refractivity contribution in [1.29, 1.82) is 0 Å². The van der Waals surface area contributed by atoms with Gasteiger partial charge in [0.05, 0.1) is 23.0 Å². The lowest BCUT2D eigenvalue weighted by molar-refractivity contribution is -0.113. The first-order valence-corrected chi connectivity index (χ1v) is 12.4. The second-order valence-electron chi connectivity index (χ2n) is 7.52. The minimum absolute atomic E-state index is 0.0633. The Kier molecular flexibility index (Phi) is 8.07. The summed E-state index contributed by atoms with van der Waals surface area (Å²) >= 11 is 13.6. The first kappa shape index (κ1) is 24.8. The number of hydrogen-bond acceptors (Lipinski definition) is 6. The molecule has 0 unspecified atom stereocenters. The number of benzene rings is 3. The van der Waals surface area contributed by atoms with E-state index < -0.39 is 0 Å². The first-order chi connectivity index (χ1) is 16.9. The van der Waals surface area contributed by atoms with Gasteiger partial charge in [-0.25, -0.2) is 0 Å². The molecule has 3 aromatic carbocycles. The van der Waals surface area contributed by atoms with Crippen LogP contribution in [0.3, 0.4) is 0 Å². The standard InChI is InChI=1S/C25H21Cl2N5O2S/c1-16(33)17-6-5-7-19(12-17)29-24(34)15-35-25-31-30-23(32(25)20-8-3-2-4-9-20)14-28-22-13-18(26)10-11-21(22)27/h2-13,28H,14-15H2,1H3,(H,29,34). The van der Waals surface area contributed by atoms with Gasteiger partial charge in [0.2, 0.25) is 5.91 Å². The Balaban J connectivity index is 1.50. The molecule has 35 heavy (non-hydrogen) atoms. The summed E-state index contributed by atoms with van der Waals surface area (Å²) in [7, 11) is 0. The van der Waals surface area contributed by atoms with Crippen LogP contribution in [0, 0.1) is 0 Å². The minimum atomic E-state index is -0.219. The van der Waals surface area contributed by atoms with E-state index in [1.807, 2.05) is 34.9 Å². The number of nitrogens with zero attached hydrogens (tertiary/aromatic N) is 3. The number of amides is 1. The van der Waals surface area contributed by atoms with Crippen molar-refractivity contribution >= 4 is 58.0 Å². The fourth-order valence-electron chi connectivity index (χ4n) is 3.30. The lowest BCUT2D eigenvalue weighted by Gasteiger charge is -2.12. The SMILES string of the molecule is CC(=O)c1cccc(NC(=O)CSc2nnc(CNc3cc(Cl)ccc3Cl)n2-c2ccccc2)c1. The van der Waals surface area contributed by atoms with Gasteiger partial charge in [0.25, 0.3) is 0 Å². The van der Waals surface area contributed by atoms with Gasteiger partial charge < -0.3 is 10.6 Å². The third-order valence-corrected chi connectivity index (χ3v) is 6.46. The van der Waals surface area contributed by atoms with Gasteiger partial charge in [-0.1, -0.05) is 65.3 Å². The number of thioether (sulfide) groups is 1. The molecule has 0 saturated carbocycles. The summed E-state index contributed by atoms with van der Waals surface area (Å²) in [4.78, 5) is 24.2. The van der Waals surface area contributed by atoms with Crippen LogP contribution in [0.4, 0.5) is 11.4 Å². The molecule has 7 nitrogen and oxygen atoms in total. The normalized spacial score (nSPS) is 10.7. The summed E-state index contributed by atoms with van der Waals surface area (Å²) in [5.41, 5.74) is 2.65. The van der Waals surface area contributed by atoms with E-state index in [-0.39, 0.29) is 17.4 Å². The van der Waals surface area contributed by atoms with Crippen LogP contribution in [0.5, 0.6) is 0 Å². The Morgan fingerprint density at radius 1 is 0.971 bits per heavy atom. The van der Waals surface area contributed by atoms with Crippen molar-refractivity contribution in [2.45, 2.75) is 18.6 Å². The van der Waals surface area contributed by atoms with Crippen LogP contribution in [-0.4, -0.2) is 32.2 Å². The third-order valence-electron chi connectivity index (χ3n) is 4.97. The van der Waals surface area contributed by atoms with Gasteiger partial charge in [-0.3, -0.25) is 14.2 Å². The number of nitrogens with one attached hydrogen (secondary N) is 2. The molecule has 0 atom stereocenters. The van der Waals surface area contributed by atoms with E-state index in [0.717, 1.165) is 5.69 Å². The van der Waals surface area contributed by atoms with E-state index in [0.29, 0.717) is 44.5 Å². The lowest BCUT2D eigenvalue weighted by Crippen LogP contribution is -2.15. The molecule has 4 rings (SSSR count). The van der Waals surface area contributed by atoms with E-state index in [2.05, 4.69) is 20.8 Å². The summed E-state index contributed by atoms with van der Waals surface area (Å²) in [6.45, 7) is 1.83. The Morgan fingerprint density at radius 3 is 2.54 bits per heavy atom.